The molecule has 0 radical (unpaired) electrons. The molecule has 0 bridgehead atoms. The molecule has 2 saturated heterocycles. The van der Waals surface area contributed by atoms with E-state index in [1.807, 2.05) is 42.5 Å². The lowest BCUT2D eigenvalue weighted by atomic mass is 10.0. The largest absolute Gasteiger partial charge is 0.492 e. The number of amides is 1. The molecule has 0 aromatic heterocycles. The Morgan fingerprint density at radius 3 is 2.29 bits per heavy atom. The minimum atomic E-state index is -1.16. The van der Waals surface area contributed by atoms with E-state index in [4.69, 9.17) is 9.47 Å². The van der Waals surface area contributed by atoms with Gasteiger partial charge in [0.15, 0.2) is 0 Å². The number of carbonyl (C=O) groups is 1. The average Bonchev–Trinajstić information content (AvgIpc) is 3.29. The first-order chi connectivity index (χ1) is 16.5. The zero-order valence-corrected chi connectivity index (χ0v) is 20.2. The van der Waals surface area contributed by atoms with Crippen molar-refractivity contribution in [3.8, 4) is 11.5 Å². The van der Waals surface area contributed by atoms with Crippen LogP contribution in [0.2, 0.25) is 0 Å². The monoisotopic (exact) mass is 467 g/mol. The van der Waals surface area contributed by atoms with Crippen LogP contribution in [0, 0.1) is 0 Å². The maximum atomic E-state index is 12.1. The number of para-hydroxylation sites is 1. The van der Waals surface area contributed by atoms with Crippen molar-refractivity contribution in [1.29, 1.82) is 0 Å². The van der Waals surface area contributed by atoms with Crippen LogP contribution < -0.4 is 9.47 Å². The van der Waals surface area contributed by atoms with Gasteiger partial charge >= 0.3 is 0 Å². The molecule has 1 atom stereocenters. The van der Waals surface area contributed by atoms with Crippen LogP contribution in [0.3, 0.4) is 0 Å². The van der Waals surface area contributed by atoms with Gasteiger partial charge in [0.2, 0.25) is 5.91 Å². The van der Waals surface area contributed by atoms with Gasteiger partial charge in [-0.25, -0.2) is 0 Å². The van der Waals surface area contributed by atoms with Crippen LogP contribution >= 0.6 is 0 Å². The van der Waals surface area contributed by atoms with Gasteiger partial charge in [-0.05, 0) is 55.8 Å². The maximum absolute atomic E-state index is 12.1. The molecule has 1 N–H and O–H groups in total. The van der Waals surface area contributed by atoms with Gasteiger partial charge < -0.3 is 19.5 Å². The van der Waals surface area contributed by atoms with Gasteiger partial charge in [-0.15, -0.1) is 0 Å². The summed E-state index contributed by atoms with van der Waals surface area (Å²) >= 11 is 0. The average molecular weight is 468 g/mol. The Bertz CT molecular complexity index is 902. The predicted octanol–water partition coefficient (Wildman–Crippen LogP) is 2.64. The summed E-state index contributed by atoms with van der Waals surface area (Å²) in [4.78, 5) is 18.5. The number of ether oxygens (including phenoxy) is 2. The highest BCUT2D eigenvalue weighted by Crippen LogP contribution is 2.21. The molecule has 0 aliphatic carbocycles. The fourth-order valence-electron chi connectivity index (χ4n) is 4.72. The fourth-order valence-corrected chi connectivity index (χ4v) is 4.72. The van der Waals surface area contributed by atoms with Crippen LogP contribution in [0.15, 0.2) is 54.6 Å². The van der Waals surface area contributed by atoms with E-state index in [1.54, 1.807) is 11.8 Å². The standard InChI is InChI=1S/C27H37N3O4/c1-23(31)30-16-15-29(20-27(32,21-30)22-34-25-7-3-2-4-8-25)19-24-9-11-26(12-10-24)33-18-17-28-13-5-6-14-28/h2-4,7-12,32H,5-6,13-22H2,1H3. The first-order valence-corrected chi connectivity index (χ1v) is 12.3. The maximum Gasteiger partial charge on any atom is 0.219 e. The summed E-state index contributed by atoms with van der Waals surface area (Å²) < 4.78 is 11.8. The lowest BCUT2D eigenvalue weighted by Crippen LogP contribution is -2.51. The molecule has 1 unspecified atom stereocenters. The summed E-state index contributed by atoms with van der Waals surface area (Å²) in [5, 5.41) is 11.4. The number of aliphatic hydroxyl groups is 1. The normalized spacial score (nSPS) is 21.9. The molecule has 1 amide bonds. The second kappa shape index (κ2) is 11.7. The molecular weight excluding hydrogens is 430 g/mol. The lowest BCUT2D eigenvalue weighted by Gasteiger charge is -2.32. The molecule has 2 aliphatic heterocycles. The van der Waals surface area contributed by atoms with Crippen LogP contribution in [0.4, 0.5) is 0 Å². The van der Waals surface area contributed by atoms with Crippen LogP contribution in [0.25, 0.3) is 0 Å². The van der Waals surface area contributed by atoms with Gasteiger partial charge in [0.25, 0.3) is 0 Å². The van der Waals surface area contributed by atoms with Crippen molar-refractivity contribution in [2.45, 2.75) is 31.9 Å². The summed E-state index contributed by atoms with van der Waals surface area (Å²) in [6, 6.07) is 17.7. The third-order valence-corrected chi connectivity index (χ3v) is 6.59. The smallest absolute Gasteiger partial charge is 0.219 e. The number of hydrogen-bond donors (Lipinski definition) is 1. The highest BCUT2D eigenvalue weighted by molar-refractivity contribution is 5.73. The number of carbonyl (C=O) groups excluding carboxylic acids is 1. The summed E-state index contributed by atoms with van der Waals surface area (Å²) in [7, 11) is 0. The van der Waals surface area contributed by atoms with E-state index in [2.05, 4.69) is 21.9 Å². The van der Waals surface area contributed by atoms with E-state index >= 15 is 0 Å². The predicted molar refractivity (Wildman–Crippen MR) is 132 cm³/mol. The molecule has 7 nitrogen and oxygen atoms in total. The number of hydrogen-bond acceptors (Lipinski definition) is 6. The van der Waals surface area contributed by atoms with E-state index in [1.165, 1.54) is 25.9 Å². The van der Waals surface area contributed by atoms with E-state index in [0.717, 1.165) is 17.9 Å². The van der Waals surface area contributed by atoms with Gasteiger partial charge in [0.05, 0.1) is 6.54 Å². The van der Waals surface area contributed by atoms with Gasteiger partial charge in [0, 0.05) is 39.6 Å². The zero-order valence-electron chi connectivity index (χ0n) is 20.2. The molecule has 2 fully saturated rings. The molecule has 2 aliphatic rings. The van der Waals surface area contributed by atoms with E-state index in [9.17, 15) is 9.90 Å². The zero-order chi connectivity index (χ0) is 23.8. The summed E-state index contributed by atoms with van der Waals surface area (Å²) in [6.07, 6.45) is 2.59. The van der Waals surface area contributed by atoms with Crippen LogP contribution in [0.1, 0.15) is 25.3 Å². The Labute approximate surface area is 202 Å². The minimum absolute atomic E-state index is 0.0320. The third-order valence-electron chi connectivity index (χ3n) is 6.59. The van der Waals surface area contributed by atoms with Crippen molar-refractivity contribution >= 4 is 5.91 Å². The van der Waals surface area contributed by atoms with Crippen molar-refractivity contribution in [1.82, 2.24) is 14.7 Å². The molecule has 0 spiro atoms. The van der Waals surface area contributed by atoms with Crippen molar-refractivity contribution < 1.29 is 19.4 Å². The Kier molecular flexibility index (Phi) is 8.43. The van der Waals surface area contributed by atoms with Gasteiger partial charge in [0.1, 0.15) is 30.3 Å². The molecular formula is C27H37N3O4. The highest BCUT2D eigenvalue weighted by atomic mass is 16.5. The van der Waals surface area contributed by atoms with E-state index in [-0.39, 0.29) is 19.1 Å². The summed E-state index contributed by atoms with van der Waals surface area (Å²) in [6.45, 7) is 8.39. The Morgan fingerprint density at radius 1 is 0.882 bits per heavy atom. The molecule has 0 saturated carbocycles. The lowest BCUT2D eigenvalue weighted by molar-refractivity contribution is -0.132. The summed E-state index contributed by atoms with van der Waals surface area (Å²) in [5.41, 5.74) is -0.00843. The number of nitrogens with zero attached hydrogens (tertiary/aromatic N) is 3. The van der Waals surface area contributed by atoms with Crippen molar-refractivity contribution in [2.75, 3.05) is 59.0 Å². The minimum Gasteiger partial charge on any atom is -0.492 e. The fraction of sp³-hybridized carbons (Fsp3) is 0.519. The molecule has 2 aromatic carbocycles. The number of likely N-dealkylation sites (tertiary alicyclic amines) is 1. The first kappa shape index (κ1) is 24.5. The topological polar surface area (TPSA) is 65.5 Å². The number of benzene rings is 2. The number of β-amino-alcohol motifs (C(OH)–C–C–N with tert-alkyl or cyclic N) is 1. The second-order valence-corrected chi connectivity index (χ2v) is 9.52. The van der Waals surface area contributed by atoms with Crippen LogP contribution in [0.5, 0.6) is 11.5 Å². The van der Waals surface area contributed by atoms with Gasteiger partial charge in [-0.2, -0.15) is 0 Å². The molecule has 2 heterocycles. The van der Waals surface area contributed by atoms with Crippen molar-refractivity contribution in [3.05, 3.63) is 60.2 Å². The SMILES string of the molecule is CC(=O)N1CCN(Cc2ccc(OCCN3CCCC3)cc2)CC(O)(COc2ccccc2)C1. The summed E-state index contributed by atoms with van der Waals surface area (Å²) in [5.74, 6) is 1.56. The number of rotatable bonds is 9. The van der Waals surface area contributed by atoms with Crippen molar-refractivity contribution in [2.24, 2.45) is 0 Å². The third kappa shape index (κ3) is 7.19. The first-order valence-electron chi connectivity index (χ1n) is 12.3. The van der Waals surface area contributed by atoms with Crippen molar-refractivity contribution in [3.63, 3.8) is 0 Å². The van der Waals surface area contributed by atoms with Gasteiger partial charge in [-0.3, -0.25) is 14.6 Å². The molecule has 184 valence electrons. The Balaban J connectivity index is 1.33. The molecule has 34 heavy (non-hydrogen) atoms. The molecule has 7 heteroatoms. The van der Waals surface area contributed by atoms with Crippen LogP contribution in [-0.4, -0.2) is 90.3 Å². The van der Waals surface area contributed by atoms with Gasteiger partial charge in [-0.1, -0.05) is 30.3 Å². The Hall–Kier alpha value is -2.61. The molecule has 2 aromatic rings. The highest BCUT2D eigenvalue weighted by Gasteiger charge is 2.36. The quantitative estimate of drug-likeness (QED) is 0.612. The van der Waals surface area contributed by atoms with E-state index < -0.39 is 5.60 Å². The van der Waals surface area contributed by atoms with Crippen LogP contribution in [-0.2, 0) is 11.3 Å². The molecule has 4 rings (SSSR count). The second-order valence-electron chi connectivity index (χ2n) is 9.52. The van der Waals surface area contributed by atoms with E-state index in [0.29, 0.717) is 38.5 Å². The Morgan fingerprint density at radius 2 is 1.59 bits per heavy atom.